The van der Waals surface area contributed by atoms with Crippen molar-refractivity contribution in [2.45, 2.75) is 6.42 Å². The lowest BCUT2D eigenvalue weighted by molar-refractivity contribution is 0.475. The SMILES string of the molecule is Nc1nc(NCCc2ccc(O)cc2)cc(-c2cccs2)n1. The summed E-state index contributed by atoms with van der Waals surface area (Å²) in [7, 11) is 0. The molecule has 1 aromatic carbocycles. The third-order valence-electron chi connectivity index (χ3n) is 3.17. The van der Waals surface area contributed by atoms with E-state index in [0.29, 0.717) is 0 Å². The van der Waals surface area contributed by atoms with E-state index in [2.05, 4.69) is 15.3 Å². The second-order valence-electron chi connectivity index (χ2n) is 4.82. The highest BCUT2D eigenvalue weighted by Gasteiger charge is 2.05. The van der Waals surface area contributed by atoms with Gasteiger partial charge in [-0.05, 0) is 35.6 Å². The number of phenols is 1. The lowest BCUT2D eigenvalue weighted by atomic mass is 10.1. The van der Waals surface area contributed by atoms with Gasteiger partial charge in [0.05, 0.1) is 10.6 Å². The number of hydrogen-bond acceptors (Lipinski definition) is 6. The molecule has 3 rings (SSSR count). The summed E-state index contributed by atoms with van der Waals surface area (Å²) in [6.07, 6.45) is 0.832. The van der Waals surface area contributed by atoms with Crippen molar-refractivity contribution in [2.75, 3.05) is 17.6 Å². The van der Waals surface area contributed by atoms with Crippen molar-refractivity contribution in [3.05, 3.63) is 53.4 Å². The molecule has 0 radical (unpaired) electrons. The van der Waals surface area contributed by atoms with E-state index >= 15 is 0 Å². The Kier molecular flexibility index (Phi) is 4.20. The third kappa shape index (κ3) is 3.53. The van der Waals surface area contributed by atoms with Crippen LogP contribution in [0, 0.1) is 0 Å². The van der Waals surface area contributed by atoms with E-state index in [1.165, 1.54) is 0 Å². The van der Waals surface area contributed by atoms with Crippen molar-refractivity contribution >= 4 is 23.1 Å². The summed E-state index contributed by atoms with van der Waals surface area (Å²) in [5.41, 5.74) is 7.75. The van der Waals surface area contributed by atoms with Gasteiger partial charge in [0, 0.05) is 12.6 Å². The standard InChI is InChI=1S/C16H16N4OS/c17-16-19-13(14-2-1-9-22-14)10-15(20-16)18-8-7-11-3-5-12(21)6-4-11/h1-6,9-10,21H,7-8H2,(H3,17,18,19,20). The normalized spacial score (nSPS) is 10.5. The Hall–Kier alpha value is -2.60. The Morgan fingerprint density at radius 1 is 1.14 bits per heavy atom. The predicted molar refractivity (Wildman–Crippen MR) is 90.1 cm³/mol. The molecular formula is C16H16N4OS. The minimum absolute atomic E-state index is 0.262. The van der Waals surface area contributed by atoms with Crippen LogP contribution in [0.4, 0.5) is 11.8 Å². The fourth-order valence-corrected chi connectivity index (χ4v) is 2.79. The number of nitrogen functional groups attached to an aromatic ring is 1. The number of nitrogens with one attached hydrogen (secondary N) is 1. The Morgan fingerprint density at radius 3 is 2.68 bits per heavy atom. The zero-order valence-electron chi connectivity index (χ0n) is 11.9. The molecule has 0 bridgehead atoms. The number of rotatable bonds is 5. The van der Waals surface area contributed by atoms with Crippen LogP contribution in [0.5, 0.6) is 5.75 Å². The average molecular weight is 312 g/mol. The van der Waals surface area contributed by atoms with E-state index in [-0.39, 0.29) is 11.7 Å². The van der Waals surface area contributed by atoms with Crippen molar-refractivity contribution in [1.29, 1.82) is 0 Å². The molecule has 2 aromatic heterocycles. The van der Waals surface area contributed by atoms with Gasteiger partial charge in [-0.2, -0.15) is 4.98 Å². The van der Waals surface area contributed by atoms with Crippen LogP contribution in [0.25, 0.3) is 10.6 Å². The zero-order chi connectivity index (χ0) is 15.4. The van der Waals surface area contributed by atoms with Gasteiger partial charge in [-0.25, -0.2) is 4.98 Å². The number of thiophene rings is 1. The fraction of sp³-hybridized carbons (Fsp3) is 0.125. The topological polar surface area (TPSA) is 84.1 Å². The molecule has 0 spiro atoms. The smallest absolute Gasteiger partial charge is 0.222 e. The summed E-state index contributed by atoms with van der Waals surface area (Å²) in [4.78, 5) is 9.54. The first-order valence-electron chi connectivity index (χ1n) is 6.91. The molecule has 0 aliphatic carbocycles. The number of phenolic OH excluding ortho intramolecular Hbond substituents is 1. The summed E-state index contributed by atoms with van der Waals surface area (Å²) < 4.78 is 0. The molecule has 0 aliphatic heterocycles. The van der Waals surface area contributed by atoms with E-state index in [4.69, 9.17) is 5.73 Å². The van der Waals surface area contributed by atoms with E-state index in [0.717, 1.165) is 34.9 Å². The molecule has 0 atom stereocenters. The second-order valence-corrected chi connectivity index (χ2v) is 5.76. The summed E-state index contributed by atoms with van der Waals surface area (Å²) in [5, 5.41) is 14.5. The highest BCUT2D eigenvalue weighted by Crippen LogP contribution is 2.25. The molecule has 22 heavy (non-hydrogen) atoms. The van der Waals surface area contributed by atoms with Gasteiger partial charge in [0.1, 0.15) is 11.6 Å². The molecule has 0 unspecified atom stereocenters. The Bertz CT molecular complexity index is 741. The van der Waals surface area contributed by atoms with Crippen molar-refractivity contribution in [3.8, 4) is 16.3 Å². The summed E-state index contributed by atoms with van der Waals surface area (Å²) in [6.45, 7) is 0.727. The summed E-state index contributed by atoms with van der Waals surface area (Å²) in [6, 6.07) is 13.1. The first-order valence-corrected chi connectivity index (χ1v) is 7.79. The molecule has 0 saturated heterocycles. The minimum atomic E-state index is 0.262. The van der Waals surface area contributed by atoms with E-state index in [1.54, 1.807) is 23.5 Å². The van der Waals surface area contributed by atoms with Gasteiger partial charge in [-0.1, -0.05) is 18.2 Å². The lowest BCUT2D eigenvalue weighted by Crippen LogP contribution is -2.08. The first-order chi connectivity index (χ1) is 10.7. The Labute approximate surface area is 132 Å². The van der Waals surface area contributed by atoms with Crippen molar-refractivity contribution < 1.29 is 5.11 Å². The zero-order valence-corrected chi connectivity index (χ0v) is 12.7. The number of aromatic nitrogens is 2. The number of benzene rings is 1. The molecule has 3 aromatic rings. The number of anilines is 2. The highest BCUT2D eigenvalue weighted by atomic mass is 32.1. The largest absolute Gasteiger partial charge is 0.508 e. The van der Waals surface area contributed by atoms with Crippen LogP contribution in [0.3, 0.4) is 0 Å². The molecular weight excluding hydrogens is 296 g/mol. The van der Waals surface area contributed by atoms with Crippen molar-refractivity contribution in [3.63, 3.8) is 0 Å². The molecule has 0 aliphatic rings. The van der Waals surface area contributed by atoms with Gasteiger partial charge in [0.15, 0.2) is 0 Å². The average Bonchev–Trinajstić information content (AvgIpc) is 3.03. The molecule has 4 N–H and O–H groups in total. The van der Waals surface area contributed by atoms with Crippen molar-refractivity contribution in [1.82, 2.24) is 9.97 Å². The summed E-state index contributed by atoms with van der Waals surface area (Å²) >= 11 is 1.62. The minimum Gasteiger partial charge on any atom is -0.508 e. The van der Waals surface area contributed by atoms with Crippen LogP contribution >= 0.6 is 11.3 Å². The van der Waals surface area contributed by atoms with Gasteiger partial charge in [0.2, 0.25) is 5.95 Å². The first kappa shape index (κ1) is 14.3. The van der Waals surface area contributed by atoms with Gasteiger partial charge < -0.3 is 16.2 Å². The number of nitrogens with two attached hydrogens (primary N) is 1. The van der Waals surface area contributed by atoms with Gasteiger partial charge in [-0.3, -0.25) is 0 Å². The maximum atomic E-state index is 9.27. The van der Waals surface area contributed by atoms with Gasteiger partial charge in [-0.15, -0.1) is 11.3 Å². The number of hydrogen-bond donors (Lipinski definition) is 3. The van der Waals surface area contributed by atoms with Crippen LogP contribution in [-0.2, 0) is 6.42 Å². The van der Waals surface area contributed by atoms with E-state index in [9.17, 15) is 5.11 Å². The highest BCUT2D eigenvalue weighted by molar-refractivity contribution is 7.13. The lowest BCUT2D eigenvalue weighted by Gasteiger charge is -2.08. The Balaban J connectivity index is 1.66. The van der Waals surface area contributed by atoms with Gasteiger partial charge in [0.25, 0.3) is 0 Å². The van der Waals surface area contributed by atoms with Crippen LogP contribution in [0.15, 0.2) is 47.8 Å². The molecule has 0 saturated carbocycles. The summed E-state index contributed by atoms with van der Waals surface area (Å²) in [5.74, 6) is 1.26. The number of aromatic hydroxyl groups is 1. The third-order valence-corrected chi connectivity index (χ3v) is 4.07. The van der Waals surface area contributed by atoms with Crippen LogP contribution in [-0.4, -0.2) is 21.6 Å². The predicted octanol–water partition coefficient (Wildman–Crippen LogP) is 3.15. The maximum absolute atomic E-state index is 9.27. The molecule has 0 amide bonds. The molecule has 112 valence electrons. The quantitative estimate of drug-likeness (QED) is 0.674. The molecule has 2 heterocycles. The fourth-order valence-electron chi connectivity index (χ4n) is 2.10. The van der Waals surface area contributed by atoms with Crippen LogP contribution in [0.1, 0.15) is 5.56 Å². The van der Waals surface area contributed by atoms with Crippen LogP contribution in [0.2, 0.25) is 0 Å². The Morgan fingerprint density at radius 2 is 1.95 bits per heavy atom. The van der Waals surface area contributed by atoms with Crippen molar-refractivity contribution in [2.24, 2.45) is 0 Å². The monoisotopic (exact) mass is 312 g/mol. The van der Waals surface area contributed by atoms with Crippen LogP contribution < -0.4 is 11.1 Å². The molecule has 6 heteroatoms. The van der Waals surface area contributed by atoms with Gasteiger partial charge >= 0.3 is 0 Å². The molecule has 0 fully saturated rings. The van der Waals surface area contributed by atoms with E-state index < -0.39 is 0 Å². The number of nitrogens with zero attached hydrogens (tertiary/aromatic N) is 2. The van der Waals surface area contributed by atoms with E-state index in [1.807, 2.05) is 35.7 Å². The molecule has 5 nitrogen and oxygen atoms in total. The second kappa shape index (κ2) is 6.44. The maximum Gasteiger partial charge on any atom is 0.222 e.